The Labute approximate surface area is 201 Å². The van der Waals surface area contributed by atoms with E-state index >= 15 is 0 Å². The maximum atomic E-state index is 12.7. The second-order valence-electron chi connectivity index (χ2n) is 8.99. The number of benzene rings is 1. The van der Waals surface area contributed by atoms with E-state index in [0.29, 0.717) is 0 Å². The van der Waals surface area contributed by atoms with Crippen molar-refractivity contribution in [3.63, 3.8) is 0 Å². The van der Waals surface area contributed by atoms with Gasteiger partial charge in [0.05, 0.1) is 6.04 Å². The van der Waals surface area contributed by atoms with Gasteiger partial charge < -0.3 is 25.6 Å². The van der Waals surface area contributed by atoms with Gasteiger partial charge in [0, 0.05) is 12.8 Å². The lowest BCUT2D eigenvalue weighted by molar-refractivity contribution is -0.150. The second-order valence-corrected chi connectivity index (χ2v) is 8.99. The molecule has 13 nitrogen and oxygen atoms in total. The number of nitrogens with zero attached hydrogens (tertiary/aromatic N) is 3. The van der Waals surface area contributed by atoms with Gasteiger partial charge in [0.2, 0.25) is 5.91 Å². The number of alkyl carbamates (subject to hydrolysis) is 1. The van der Waals surface area contributed by atoms with Crippen molar-refractivity contribution in [2.45, 2.75) is 64.6 Å². The highest BCUT2D eigenvalue weighted by atomic mass is 16.5. The summed E-state index contributed by atoms with van der Waals surface area (Å²) in [5, 5.41) is 37.2. The van der Waals surface area contributed by atoms with Gasteiger partial charge in [-0.3, -0.25) is 9.59 Å². The summed E-state index contributed by atoms with van der Waals surface area (Å²) in [6.07, 6.45) is -1.70. The van der Waals surface area contributed by atoms with E-state index in [4.69, 9.17) is 9.84 Å². The summed E-state index contributed by atoms with van der Waals surface area (Å²) >= 11 is 0. The lowest BCUT2D eigenvalue weighted by atomic mass is 9.70. The molecule has 1 aromatic heterocycles. The van der Waals surface area contributed by atoms with Gasteiger partial charge in [0.1, 0.15) is 12.1 Å². The number of carboxylic acid groups (broad SMARTS) is 2. The van der Waals surface area contributed by atoms with Gasteiger partial charge in [-0.2, -0.15) is 0 Å². The minimum atomic E-state index is -1.83. The molecule has 13 heteroatoms. The van der Waals surface area contributed by atoms with Crippen LogP contribution >= 0.6 is 0 Å². The summed E-state index contributed by atoms with van der Waals surface area (Å²) < 4.78 is 5.21. The van der Waals surface area contributed by atoms with Gasteiger partial charge in [0.15, 0.2) is 5.82 Å². The molecule has 5 N–H and O–H groups in total. The topological polar surface area (TPSA) is 196 Å². The van der Waals surface area contributed by atoms with Crippen LogP contribution in [0.25, 0.3) is 0 Å². The average Bonchev–Trinajstić information content (AvgIpc) is 3.32. The number of aliphatic carboxylic acids is 2. The van der Waals surface area contributed by atoms with Crippen LogP contribution in [0.5, 0.6) is 0 Å². The highest BCUT2D eigenvalue weighted by molar-refractivity contribution is 5.86. The molecule has 0 radical (unpaired) electrons. The molecule has 0 aliphatic heterocycles. The maximum absolute atomic E-state index is 12.7. The zero-order valence-electron chi connectivity index (χ0n) is 19.8. The molecular formula is C22H30N6O7. The number of rotatable bonds is 12. The SMILES string of the molecule is CC(C)(C)[C@](CCC(=O)N[C@H](CCC(=O)O)c1nnn[nH]1)(NC(=O)OCc1ccccc1)C(=O)O. The summed E-state index contributed by atoms with van der Waals surface area (Å²) in [5.41, 5.74) is -2.10. The third-order valence-electron chi connectivity index (χ3n) is 5.57. The summed E-state index contributed by atoms with van der Waals surface area (Å²) in [5.74, 6) is -2.78. The molecule has 0 saturated heterocycles. The number of H-pyrrole nitrogens is 1. The fraction of sp³-hybridized carbons (Fsp3) is 0.500. The van der Waals surface area contributed by atoms with Crippen molar-refractivity contribution in [2.75, 3.05) is 0 Å². The van der Waals surface area contributed by atoms with Crippen molar-refractivity contribution >= 4 is 23.9 Å². The number of hydrogen-bond acceptors (Lipinski definition) is 8. The molecule has 1 heterocycles. The molecule has 0 unspecified atom stereocenters. The molecule has 35 heavy (non-hydrogen) atoms. The molecule has 2 aromatic rings. The van der Waals surface area contributed by atoms with E-state index in [1.54, 1.807) is 45.0 Å². The molecule has 2 atom stereocenters. The minimum absolute atomic E-state index is 0.0192. The second kappa shape index (κ2) is 11.9. The number of aromatic amines is 1. The normalized spacial score (nSPS) is 13.8. The van der Waals surface area contributed by atoms with E-state index in [9.17, 15) is 24.3 Å². The van der Waals surface area contributed by atoms with Crippen molar-refractivity contribution in [1.82, 2.24) is 31.3 Å². The summed E-state index contributed by atoms with van der Waals surface area (Å²) in [6, 6.07) is 8.09. The Bertz CT molecular complexity index is 1010. The summed E-state index contributed by atoms with van der Waals surface area (Å²) in [6.45, 7) is 4.84. The van der Waals surface area contributed by atoms with Gasteiger partial charge in [0.25, 0.3) is 0 Å². The molecule has 0 saturated carbocycles. The van der Waals surface area contributed by atoms with E-state index in [1.165, 1.54) is 0 Å². The van der Waals surface area contributed by atoms with E-state index in [2.05, 4.69) is 31.3 Å². The number of ether oxygens (including phenoxy) is 1. The van der Waals surface area contributed by atoms with Crippen molar-refractivity contribution in [1.29, 1.82) is 0 Å². The molecule has 0 aliphatic rings. The molecule has 0 fully saturated rings. The Balaban J connectivity index is 2.10. The molecule has 1 aromatic carbocycles. The third kappa shape index (κ3) is 7.76. The van der Waals surface area contributed by atoms with Gasteiger partial charge >= 0.3 is 18.0 Å². The largest absolute Gasteiger partial charge is 0.481 e. The lowest BCUT2D eigenvalue weighted by Gasteiger charge is -2.41. The molecule has 0 bridgehead atoms. The van der Waals surface area contributed by atoms with Crippen molar-refractivity contribution in [3.8, 4) is 0 Å². The first-order valence-electron chi connectivity index (χ1n) is 10.9. The molecule has 190 valence electrons. The zero-order valence-corrected chi connectivity index (χ0v) is 19.8. The number of aromatic nitrogens is 4. The fourth-order valence-corrected chi connectivity index (χ4v) is 3.47. The number of carbonyl (C=O) groups is 4. The van der Waals surface area contributed by atoms with Crippen LogP contribution in [0.4, 0.5) is 4.79 Å². The predicted octanol–water partition coefficient (Wildman–Crippen LogP) is 1.80. The van der Waals surface area contributed by atoms with E-state index in [0.717, 1.165) is 5.56 Å². The van der Waals surface area contributed by atoms with Crippen LogP contribution in [-0.4, -0.2) is 60.3 Å². The number of carbonyl (C=O) groups excluding carboxylic acids is 2. The van der Waals surface area contributed by atoms with Gasteiger partial charge in [-0.1, -0.05) is 51.1 Å². The van der Waals surface area contributed by atoms with Crippen LogP contribution in [-0.2, 0) is 25.7 Å². The van der Waals surface area contributed by atoms with Gasteiger partial charge in [-0.25, -0.2) is 14.7 Å². The monoisotopic (exact) mass is 490 g/mol. The molecular weight excluding hydrogens is 460 g/mol. The maximum Gasteiger partial charge on any atom is 0.408 e. The van der Waals surface area contributed by atoms with Crippen LogP contribution in [0.1, 0.15) is 63.9 Å². The van der Waals surface area contributed by atoms with Gasteiger partial charge in [-0.15, -0.1) is 5.10 Å². The fourth-order valence-electron chi connectivity index (χ4n) is 3.47. The highest BCUT2D eigenvalue weighted by Gasteiger charge is 2.50. The van der Waals surface area contributed by atoms with Crippen molar-refractivity contribution in [3.05, 3.63) is 41.7 Å². The Morgan fingerprint density at radius 2 is 1.77 bits per heavy atom. The van der Waals surface area contributed by atoms with E-state index in [-0.39, 0.29) is 38.1 Å². The quantitative estimate of drug-likeness (QED) is 0.292. The Kier molecular flexibility index (Phi) is 9.26. The molecule has 0 spiro atoms. The van der Waals surface area contributed by atoms with Crippen molar-refractivity contribution in [2.24, 2.45) is 5.41 Å². The first-order chi connectivity index (χ1) is 16.4. The van der Waals surface area contributed by atoms with Crippen LogP contribution in [0, 0.1) is 5.41 Å². The molecule has 0 aliphatic carbocycles. The highest BCUT2D eigenvalue weighted by Crippen LogP contribution is 2.35. The first-order valence-corrected chi connectivity index (χ1v) is 10.9. The zero-order chi connectivity index (χ0) is 26.1. The number of amides is 2. The Hall–Kier alpha value is -4.03. The van der Waals surface area contributed by atoms with Crippen LogP contribution in [0.2, 0.25) is 0 Å². The standard InChI is InChI=1S/C22H30N6O7/c1-21(2,3)22(19(32)33,24-20(34)35-13-14-7-5-4-6-8-14)12-11-16(29)23-15(9-10-17(30)31)18-25-27-28-26-18/h4-8,15H,9-13H2,1-3H3,(H,23,29)(H,24,34)(H,30,31)(H,32,33)(H,25,26,27,28)/t15-,22-/m1/s1. The predicted molar refractivity (Wildman–Crippen MR) is 121 cm³/mol. The average molecular weight is 491 g/mol. The summed E-state index contributed by atoms with van der Waals surface area (Å²) in [7, 11) is 0. The minimum Gasteiger partial charge on any atom is -0.481 e. The van der Waals surface area contributed by atoms with Crippen molar-refractivity contribution < 1.29 is 34.1 Å². The Morgan fingerprint density at radius 3 is 2.31 bits per heavy atom. The number of nitrogens with one attached hydrogen (secondary N) is 3. The van der Waals surface area contributed by atoms with Gasteiger partial charge in [-0.05, 0) is 34.2 Å². The van der Waals surface area contributed by atoms with Crippen LogP contribution in [0.15, 0.2) is 30.3 Å². The number of hydrogen-bond donors (Lipinski definition) is 5. The van der Waals surface area contributed by atoms with Crippen LogP contribution < -0.4 is 10.6 Å². The number of carboxylic acids is 2. The smallest absolute Gasteiger partial charge is 0.408 e. The third-order valence-corrected chi connectivity index (χ3v) is 5.57. The van der Waals surface area contributed by atoms with E-state index < -0.39 is 40.9 Å². The Morgan fingerprint density at radius 1 is 1.09 bits per heavy atom. The first kappa shape index (κ1) is 27.2. The number of tetrazole rings is 1. The van der Waals surface area contributed by atoms with E-state index in [1.807, 2.05) is 6.07 Å². The molecule has 2 amide bonds. The van der Waals surface area contributed by atoms with Crippen LogP contribution in [0.3, 0.4) is 0 Å². The molecule has 2 rings (SSSR count). The lowest BCUT2D eigenvalue weighted by Crippen LogP contribution is -2.62. The summed E-state index contributed by atoms with van der Waals surface area (Å²) in [4.78, 5) is 48.6.